The third-order valence-electron chi connectivity index (χ3n) is 4.10. The van der Waals surface area contributed by atoms with Gasteiger partial charge in [-0.3, -0.25) is 19.3 Å². The van der Waals surface area contributed by atoms with E-state index in [-0.39, 0.29) is 22.2 Å². The van der Waals surface area contributed by atoms with Crippen molar-refractivity contribution in [1.82, 2.24) is 15.2 Å². The predicted octanol–water partition coefficient (Wildman–Crippen LogP) is 1.43. The van der Waals surface area contributed by atoms with Gasteiger partial charge in [0.1, 0.15) is 29.9 Å². The number of β-lactam (4-membered cyclic amide) rings is 1. The van der Waals surface area contributed by atoms with Crippen LogP contribution in [-0.4, -0.2) is 69.2 Å². The molecule has 164 valence electrons. The number of thiazole rings is 1. The zero-order chi connectivity index (χ0) is 22.7. The summed E-state index contributed by atoms with van der Waals surface area (Å²) >= 11 is 8.78. The van der Waals surface area contributed by atoms with Gasteiger partial charge in [0.2, 0.25) is 6.41 Å². The standard InChI is InChI=1S/C16H13Br2N5O6S2/c1-29-22-9(7-4-31-16(20-7)19-5-24)12(25)21-10-13(26)23-11(15(27)28)6(2-8(17)18)3-30-14(10)23/h2,4-5,10,14H,3H2,1H3,(H,21,25)(H,27,28)(H,19,20,24)/t10?,14-/m0/s1. The lowest BCUT2D eigenvalue weighted by molar-refractivity contribution is -0.150. The molecule has 1 aromatic rings. The molecule has 1 saturated heterocycles. The number of anilines is 1. The molecule has 3 heterocycles. The van der Waals surface area contributed by atoms with Crippen molar-refractivity contribution >= 4 is 90.0 Å². The van der Waals surface area contributed by atoms with Crippen molar-refractivity contribution in [2.75, 3.05) is 18.2 Å². The summed E-state index contributed by atoms with van der Waals surface area (Å²) in [5.41, 5.74) is 0.278. The number of hydrogen-bond donors (Lipinski definition) is 3. The number of nitrogens with one attached hydrogen (secondary N) is 2. The van der Waals surface area contributed by atoms with Crippen LogP contribution in [0.1, 0.15) is 5.69 Å². The van der Waals surface area contributed by atoms with E-state index in [1.807, 2.05) is 0 Å². The van der Waals surface area contributed by atoms with Gasteiger partial charge in [0.05, 0.1) is 3.39 Å². The minimum Gasteiger partial charge on any atom is -0.477 e. The maximum absolute atomic E-state index is 12.8. The molecule has 0 aromatic carbocycles. The van der Waals surface area contributed by atoms with Crippen LogP contribution in [0.25, 0.3) is 0 Å². The fourth-order valence-electron chi connectivity index (χ4n) is 2.89. The first-order chi connectivity index (χ1) is 14.8. The van der Waals surface area contributed by atoms with Gasteiger partial charge in [0.25, 0.3) is 11.8 Å². The van der Waals surface area contributed by atoms with Crippen molar-refractivity contribution in [3.8, 4) is 0 Å². The maximum atomic E-state index is 12.8. The lowest BCUT2D eigenvalue weighted by Gasteiger charge is -2.49. The summed E-state index contributed by atoms with van der Waals surface area (Å²) in [6.07, 6.45) is 2.02. The van der Waals surface area contributed by atoms with E-state index in [9.17, 15) is 24.3 Å². The Morgan fingerprint density at radius 2 is 2.19 bits per heavy atom. The SMILES string of the molecule is CON=C(C(=O)NC1C(=O)N2C(C(=O)O)=C(C=C(Br)Br)CS[C@@H]12)c1csc(NC=O)n1. The highest BCUT2D eigenvalue weighted by Gasteiger charge is 2.54. The van der Waals surface area contributed by atoms with E-state index in [4.69, 9.17) is 4.84 Å². The van der Waals surface area contributed by atoms with E-state index in [0.29, 0.717) is 21.1 Å². The second kappa shape index (κ2) is 9.93. The molecule has 3 rings (SSSR count). The van der Waals surface area contributed by atoms with E-state index < -0.39 is 29.2 Å². The predicted molar refractivity (Wildman–Crippen MR) is 121 cm³/mol. The van der Waals surface area contributed by atoms with E-state index in [2.05, 4.69) is 52.6 Å². The number of thioether (sulfide) groups is 1. The van der Waals surface area contributed by atoms with Gasteiger partial charge in [-0.25, -0.2) is 9.78 Å². The van der Waals surface area contributed by atoms with E-state index in [1.54, 1.807) is 6.08 Å². The molecule has 0 bridgehead atoms. The number of carbonyl (C=O) groups excluding carboxylic acids is 3. The molecule has 0 spiro atoms. The number of rotatable bonds is 8. The lowest BCUT2D eigenvalue weighted by atomic mass is 10.0. The Bertz CT molecular complexity index is 1040. The number of hydrogen-bond acceptors (Lipinski definition) is 9. The van der Waals surface area contributed by atoms with Crippen LogP contribution in [0.15, 0.2) is 31.3 Å². The molecule has 3 amide bonds. The number of amides is 3. The molecular formula is C16H13Br2N5O6S2. The number of halogens is 2. The number of fused-ring (bicyclic) bond motifs is 1. The number of carboxylic acid groups (broad SMARTS) is 1. The lowest BCUT2D eigenvalue weighted by Crippen LogP contribution is -2.71. The van der Waals surface area contributed by atoms with E-state index in [0.717, 1.165) is 16.2 Å². The summed E-state index contributed by atoms with van der Waals surface area (Å²) in [4.78, 5) is 57.7. The van der Waals surface area contributed by atoms with Crippen molar-refractivity contribution in [1.29, 1.82) is 0 Å². The summed E-state index contributed by atoms with van der Waals surface area (Å²) in [6.45, 7) is 0. The van der Waals surface area contributed by atoms with Crippen molar-refractivity contribution in [2.24, 2.45) is 5.16 Å². The van der Waals surface area contributed by atoms with Crippen LogP contribution >= 0.6 is 55.0 Å². The van der Waals surface area contributed by atoms with Crippen LogP contribution in [-0.2, 0) is 24.0 Å². The summed E-state index contributed by atoms with van der Waals surface area (Å²) in [6, 6.07) is -0.946. The average molecular weight is 595 g/mol. The summed E-state index contributed by atoms with van der Waals surface area (Å²) in [7, 11) is 1.25. The van der Waals surface area contributed by atoms with Crippen molar-refractivity contribution in [3.63, 3.8) is 0 Å². The molecule has 0 radical (unpaired) electrons. The van der Waals surface area contributed by atoms with Gasteiger partial charge in [-0.1, -0.05) is 5.16 Å². The largest absolute Gasteiger partial charge is 0.477 e. The molecule has 3 N–H and O–H groups in total. The fourth-order valence-corrected chi connectivity index (χ4v) is 5.40. The van der Waals surface area contributed by atoms with Gasteiger partial charge in [-0.2, -0.15) is 0 Å². The number of oxime groups is 1. The molecule has 1 unspecified atom stereocenters. The van der Waals surface area contributed by atoms with Gasteiger partial charge in [-0.15, -0.1) is 23.1 Å². The Hall–Kier alpha value is -2.23. The topological polar surface area (TPSA) is 150 Å². The second-order valence-electron chi connectivity index (χ2n) is 5.90. The number of aliphatic carboxylic acids is 1. The number of carboxylic acids is 1. The van der Waals surface area contributed by atoms with Crippen LogP contribution in [0.2, 0.25) is 0 Å². The van der Waals surface area contributed by atoms with E-state index in [1.165, 1.54) is 24.3 Å². The molecular weight excluding hydrogens is 582 g/mol. The molecule has 0 aliphatic carbocycles. The Morgan fingerprint density at radius 1 is 1.45 bits per heavy atom. The molecule has 2 aliphatic heterocycles. The number of allylic oxidation sites excluding steroid dienone is 1. The summed E-state index contributed by atoms with van der Waals surface area (Å²) < 4.78 is 0.540. The third kappa shape index (κ3) is 4.83. The minimum absolute atomic E-state index is 0.134. The van der Waals surface area contributed by atoms with Gasteiger partial charge in [-0.05, 0) is 43.5 Å². The summed E-state index contributed by atoms with van der Waals surface area (Å²) in [5, 5.41) is 19.4. The number of carbonyl (C=O) groups is 4. The highest BCUT2D eigenvalue weighted by atomic mass is 79.9. The van der Waals surface area contributed by atoms with Crippen molar-refractivity contribution in [2.45, 2.75) is 11.4 Å². The van der Waals surface area contributed by atoms with Crippen molar-refractivity contribution < 1.29 is 29.1 Å². The van der Waals surface area contributed by atoms with Crippen LogP contribution in [0.3, 0.4) is 0 Å². The van der Waals surface area contributed by atoms with Crippen LogP contribution in [0, 0.1) is 0 Å². The van der Waals surface area contributed by atoms with Gasteiger partial charge in [0.15, 0.2) is 10.8 Å². The molecule has 1 fully saturated rings. The Balaban J connectivity index is 1.80. The summed E-state index contributed by atoms with van der Waals surface area (Å²) in [5.74, 6) is -2.19. The first kappa shape index (κ1) is 23.4. The molecule has 11 nitrogen and oxygen atoms in total. The number of nitrogens with zero attached hydrogens (tertiary/aromatic N) is 3. The number of aromatic nitrogens is 1. The van der Waals surface area contributed by atoms with Gasteiger partial charge >= 0.3 is 5.97 Å². The zero-order valence-corrected chi connectivity index (χ0v) is 20.3. The maximum Gasteiger partial charge on any atom is 0.352 e. The quantitative estimate of drug-likeness (QED) is 0.177. The van der Waals surface area contributed by atoms with Crippen molar-refractivity contribution in [3.05, 3.63) is 31.8 Å². The molecule has 15 heteroatoms. The van der Waals surface area contributed by atoms with Gasteiger partial charge < -0.3 is 20.6 Å². The highest BCUT2D eigenvalue weighted by Crippen LogP contribution is 2.41. The third-order valence-corrected chi connectivity index (χ3v) is 6.63. The molecule has 1 aromatic heterocycles. The molecule has 2 atom stereocenters. The minimum atomic E-state index is -1.24. The van der Waals surface area contributed by atoms with Crippen LogP contribution in [0.4, 0.5) is 5.13 Å². The van der Waals surface area contributed by atoms with E-state index >= 15 is 0 Å². The fraction of sp³-hybridized carbons (Fsp3) is 0.250. The zero-order valence-electron chi connectivity index (χ0n) is 15.5. The Morgan fingerprint density at radius 3 is 2.81 bits per heavy atom. The highest BCUT2D eigenvalue weighted by molar-refractivity contribution is 9.28. The smallest absolute Gasteiger partial charge is 0.352 e. The molecule has 31 heavy (non-hydrogen) atoms. The van der Waals surface area contributed by atoms with Crippen LogP contribution < -0.4 is 10.6 Å². The van der Waals surface area contributed by atoms with Crippen LogP contribution in [0.5, 0.6) is 0 Å². The second-order valence-corrected chi connectivity index (χ2v) is 10.6. The first-order valence-corrected chi connectivity index (χ1v) is 11.8. The Labute approximate surface area is 200 Å². The normalized spacial score (nSPS) is 20.4. The van der Waals surface area contributed by atoms with Gasteiger partial charge in [0, 0.05) is 11.1 Å². The molecule has 2 aliphatic rings. The monoisotopic (exact) mass is 593 g/mol. The molecule has 0 saturated carbocycles. The first-order valence-electron chi connectivity index (χ1n) is 8.30. The average Bonchev–Trinajstić information content (AvgIpc) is 3.17. The Kier molecular flexibility index (Phi) is 7.51.